The first-order valence-corrected chi connectivity index (χ1v) is 8.85. The van der Waals surface area contributed by atoms with Gasteiger partial charge in [0.1, 0.15) is 0 Å². The fraction of sp³-hybridized carbons (Fsp3) is 0.667. The van der Waals surface area contributed by atoms with Gasteiger partial charge in [0.15, 0.2) is 0 Å². The number of nitrogens with zero attached hydrogens (tertiary/aromatic N) is 1. The van der Waals surface area contributed by atoms with Crippen molar-refractivity contribution in [3.05, 3.63) is 36.1 Å². The molecule has 0 radical (unpaired) electrons. The second kappa shape index (κ2) is 11.5. The fourth-order valence-electron chi connectivity index (χ4n) is 3.12. The van der Waals surface area contributed by atoms with Crippen molar-refractivity contribution in [3.63, 3.8) is 0 Å². The van der Waals surface area contributed by atoms with Gasteiger partial charge in [-0.3, -0.25) is 4.99 Å². The van der Waals surface area contributed by atoms with Crippen LogP contribution in [0.25, 0.3) is 0 Å². The van der Waals surface area contributed by atoms with Crippen LogP contribution in [-0.4, -0.2) is 5.71 Å². The molecule has 1 unspecified atom stereocenters. The maximum Gasteiger partial charge on any atom is 0.0374 e. The molecule has 0 aliphatic heterocycles. The molecule has 0 N–H and O–H groups in total. The number of hydrogen-bond donors (Lipinski definition) is 0. The summed E-state index contributed by atoms with van der Waals surface area (Å²) in [7, 11) is 0. The van der Waals surface area contributed by atoms with E-state index < -0.39 is 0 Å². The van der Waals surface area contributed by atoms with E-state index >= 15 is 0 Å². The third kappa shape index (κ3) is 9.02. The van der Waals surface area contributed by atoms with Crippen molar-refractivity contribution in [2.75, 3.05) is 0 Å². The zero-order chi connectivity index (χ0) is 17.1. The number of hydrogen-bond acceptors (Lipinski definition) is 1. The first kappa shape index (κ1) is 20.9. The van der Waals surface area contributed by atoms with Crippen LogP contribution in [-0.2, 0) is 0 Å². The Bertz CT molecular complexity index is 402. The lowest BCUT2D eigenvalue weighted by Crippen LogP contribution is -2.24. The lowest BCUT2D eigenvalue weighted by molar-refractivity contribution is 0.259. The molecule has 0 aromatic rings. The predicted octanol–water partition coefficient (Wildman–Crippen LogP) is 7.12. The summed E-state index contributed by atoms with van der Waals surface area (Å²) in [5.74, 6) is 1.85. The molecule has 0 saturated heterocycles. The molecule has 1 aliphatic rings. The van der Waals surface area contributed by atoms with Gasteiger partial charge in [0, 0.05) is 11.4 Å². The van der Waals surface area contributed by atoms with Crippen LogP contribution >= 0.6 is 0 Å². The third-order valence-electron chi connectivity index (χ3n) is 4.05. The molecule has 0 heterocycles. The van der Waals surface area contributed by atoms with E-state index in [2.05, 4.69) is 45.8 Å². The van der Waals surface area contributed by atoms with Crippen LogP contribution in [0.4, 0.5) is 0 Å². The van der Waals surface area contributed by atoms with Gasteiger partial charge in [-0.1, -0.05) is 63.8 Å². The molecule has 0 bridgehead atoms. The van der Waals surface area contributed by atoms with Gasteiger partial charge in [-0.15, -0.1) is 0 Å². The fourth-order valence-corrected chi connectivity index (χ4v) is 3.12. The van der Waals surface area contributed by atoms with Crippen LogP contribution in [0.3, 0.4) is 0 Å². The van der Waals surface area contributed by atoms with Gasteiger partial charge in [0.05, 0.1) is 0 Å². The Balaban J connectivity index is 0.000000409. The van der Waals surface area contributed by atoms with E-state index in [1.54, 1.807) is 0 Å². The number of rotatable bonds is 7. The molecule has 0 aromatic heterocycles. The molecule has 1 nitrogen and oxygen atoms in total. The van der Waals surface area contributed by atoms with Crippen LogP contribution < -0.4 is 0 Å². The lowest BCUT2D eigenvalue weighted by atomic mass is 9.69. The Morgan fingerprint density at radius 2 is 1.73 bits per heavy atom. The minimum absolute atomic E-state index is 0.856. The van der Waals surface area contributed by atoms with Crippen LogP contribution in [0.15, 0.2) is 41.1 Å². The van der Waals surface area contributed by atoms with Crippen LogP contribution in [0.1, 0.15) is 80.1 Å². The minimum Gasteiger partial charge on any atom is -0.259 e. The van der Waals surface area contributed by atoms with E-state index in [1.807, 2.05) is 19.9 Å². The Kier molecular flexibility index (Phi) is 10.9. The van der Waals surface area contributed by atoms with E-state index in [9.17, 15) is 0 Å². The highest BCUT2D eigenvalue weighted by Gasteiger charge is 2.28. The van der Waals surface area contributed by atoms with Gasteiger partial charge < -0.3 is 0 Å². The highest BCUT2D eigenvalue weighted by atomic mass is 14.7. The zero-order valence-corrected chi connectivity index (χ0v) is 15.8. The predicted molar refractivity (Wildman–Crippen MR) is 103 cm³/mol. The molecule has 0 aromatic carbocycles. The quantitative estimate of drug-likeness (QED) is 0.351. The number of aliphatic imine (C=N–C) groups is 1. The Hall–Kier alpha value is -1.11. The van der Waals surface area contributed by atoms with Crippen molar-refractivity contribution in [2.24, 2.45) is 16.8 Å². The zero-order valence-electron chi connectivity index (χ0n) is 15.8. The van der Waals surface area contributed by atoms with Gasteiger partial charge >= 0.3 is 0 Å². The Labute approximate surface area is 139 Å². The molecular formula is C21H37N. The van der Waals surface area contributed by atoms with Crippen molar-refractivity contribution in [1.82, 2.24) is 0 Å². The average molecular weight is 304 g/mol. The molecule has 1 saturated carbocycles. The molecule has 126 valence electrons. The summed E-state index contributed by atoms with van der Waals surface area (Å²) in [6.45, 7) is 20.4. The monoisotopic (exact) mass is 303 g/mol. The van der Waals surface area contributed by atoms with Crippen molar-refractivity contribution in [2.45, 2.75) is 80.1 Å². The summed E-state index contributed by atoms with van der Waals surface area (Å²) in [5, 5.41) is 0. The summed E-state index contributed by atoms with van der Waals surface area (Å²) >= 11 is 0. The molecule has 0 amide bonds. The van der Waals surface area contributed by atoms with Gasteiger partial charge in [-0.2, -0.15) is 0 Å². The van der Waals surface area contributed by atoms with Gasteiger partial charge in [0.25, 0.3) is 0 Å². The Morgan fingerprint density at radius 3 is 2.00 bits per heavy atom. The minimum atomic E-state index is 0.856. The molecule has 0 spiro atoms. The van der Waals surface area contributed by atoms with Crippen molar-refractivity contribution in [1.29, 1.82) is 0 Å². The normalized spacial score (nSPS) is 17.5. The third-order valence-corrected chi connectivity index (χ3v) is 4.05. The van der Waals surface area contributed by atoms with Gasteiger partial charge in [-0.25, -0.2) is 0 Å². The highest BCUT2D eigenvalue weighted by Crippen LogP contribution is 2.41. The summed E-state index contributed by atoms with van der Waals surface area (Å²) in [4.78, 5) is 4.16. The second-order valence-electron chi connectivity index (χ2n) is 6.85. The van der Waals surface area contributed by atoms with E-state index in [4.69, 9.17) is 0 Å². The van der Waals surface area contributed by atoms with Crippen LogP contribution in [0.2, 0.25) is 0 Å². The largest absolute Gasteiger partial charge is 0.259 e. The molecule has 1 heteroatoms. The molecule has 1 atom stereocenters. The van der Waals surface area contributed by atoms with E-state index in [-0.39, 0.29) is 0 Å². The maximum absolute atomic E-state index is 4.16. The van der Waals surface area contributed by atoms with Gasteiger partial charge in [-0.05, 0) is 58.4 Å². The molecule has 22 heavy (non-hydrogen) atoms. The van der Waals surface area contributed by atoms with Crippen LogP contribution in [0, 0.1) is 11.8 Å². The van der Waals surface area contributed by atoms with Crippen molar-refractivity contribution < 1.29 is 0 Å². The smallest absolute Gasteiger partial charge is 0.0374 e. The molecular weight excluding hydrogens is 266 g/mol. The first-order valence-electron chi connectivity index (χ1n) is 8.85. The summed E-state index contributed by atoms with van der Waals surface area (Å²) in [6.07, 6.45) is 10.3. The Morgan fingerprint density at radius 1 is 1.18 bits per heavy atom. The molecule has 1 fully saturated rings. The number of allylic oxidation sites excluding steroid dienone is 4. The van der Waals surface area contributed by atoms with E-state index in [1.165, 1.54) is 49.7 Å². The summed E-state index contributed by atoms with van der Waals surface area (Å²) in [6, 6.07) is 0. The van der Waals surface area contributed by atoms with Crippen molar-refractivity contribution >= 4 is 5.71 Å². The first-order chi connectivity index (χ1) is 10.3. The second-order valence-corrected chi connectivity index (χ2v) is 6.85. The van der Waals surface area contributed by atoms with E-state index in [0.29, 0.717) is 0 Å². The summed E-state index contributed by atoms with van der Waals surface area (Å²) in [5.41, 5.74) is 4.67. The highest BCUT2D eigenvalue weighted by molar-refractivity contribution is 5.93. The van der Waals surface area contributed by atoms with Gasteiger partial charge in [0.2, 0.25) is 0 Å². The van der Waals surface area contributed by atoms with Crippen LogP contribution in [0.5, 0.6) is 0 Å². The van der Waals surface area contributed by atoms with E-state index in [0.717, 1.165) is 23.2 Å². The maximum atomic E-state index is 4.16. The lowest BCUT2D eigenvalue weighted by Gasteiger charge is -2.36. The topological polar surface area (TPSA) is 12.4 Å². The standard InChI is InChI=1S/C12H22.C9H15N/c1-4-6-11(7-5-2)12-9-8-10(12)3;1-7(2)6-9(5)10-8(3)4/h11-12H,3-9H2,1-2H3;6H,3H2,1-2,4-5H3. The van der Waals surface area contributed by atoms with Crippen molar-refractivity contribution in [3.8, 4) is 0 Å². The SMILES string of the molecule is C=C(C)N=C(C)C=C(C)C.C=C1CCC1C(CCC)CCC. The summed E-state index contributed by atoms with van der Waals surface area (Å²) < 4.78 is 0. The molecule has 1 rings (SSSR count). The molecule has 1 aliphatic carbocycles. The average Bonchev–Trinajstić information content (AvgIpc) is 2.36.